The molecule has 0 N–H and O–H groups in total. The molecule has 0 nitrogen and oxygen atoms in total. The van der Waals surface area contributed by atoms with Crippen LogP contribution in [-0.2, 0) is 0 Å². The number of hydrogen-bond acceptors (Lipinski definition) is 0. The van der Waals surface area contributed by atoms with Crippen LogP contribution in [-0.4, -0.2) is 0 Å². The second-order valence-corrected chi connectivity index (χ2v) is 3.49. The van der Waals surface area contributed by atoms with Gasteiger partial charge in [-0.3, -0.25) is 0 Å². The lowest BCUT2D eigenvalue weighted by atomic mass is 10.0. The topological polar surface area (TPSA) is 0 Å². The highest BCUT2D eigenvalue weighted by atomic mass is 14.0. The maximum atomic E-state index is 4.05. The van der Waals surface area contributed by atoms with E-state index in [4.69, 9.17) is 0 Å². The van der Waals surface area contributed by atoms with E-state index >= 15 is 0 Å². The predicted molar refractivity (Wildman–Crippen MR) is 57.3 cm³/mol. The molecule has 0 radical (unpaired) electrons. The standard InChI is InChI=1S/C12H22/c1-5-8-12(4)10-7-9-11(3)6-2/h6H,4-5,7-10H2,1-3H3. The molecule has 70 valence electrons. The molecular weight excluding hydrogens is 144 g/mol. The average molecular weight is 166 g/mol. The molecule has 0 unspecified atom stereocenters. The summed E-state index contributed by atoms with van der Waals surface area (Å²) in [4.78, 5) is 0. The first-order valence-electron chi connectivity index (χ1n) is 4.99. The quantitative estimate of drug-likeness (QED) is 0.510. The minimum Gasteiger partial charge on any atom is -0.0999 e. The van der Waals surface area contributed by atoms with Crippen molar-refractivity contribution in [2.24, 2.45) is 0 Å². The normalized spacial score (nSPS) is 11.8. The van der Waals surface area contributed by atoms with Crippen LogP contribution in [0.25, 0.3) is 0 Å². The highest BCUT2D eigenvalue weighted by molar-refractivity contribution is 4.98. The van der Waals surface area contributed by atoms with Crippen LogP contribution < -0.4 is 0 Å². The molecule has 0 saturated carbocycles. The van der Waals surface area contributed by atoms with Crippen LogP contribution in [0.1, 0.15) is 52.9 Å². The van der Waals surface area contributed by atoms with E-state index in [2.05, 4.69) is 33.4 Å². The molecule has 0 aliphatic rings. The summed E-state index contributed by atoms with van der Waals surface area (Å²) in [5.41, 5.74) is 2.92. The third-order valence-corrected chi connectivity index (χ3v) is 2.20. The minimum atomic E-state index is 1.20. The lowest BCUT2D eigenvalue weighted by Gasteiger charge is -2.03. The second-order valence-electron chi connectivity index (χ2n) is 3.49. The number of hydrogen-bond donors (Lipinski definition) is 0. The molecule has 0 bridgehead atoms. The van der Waals surface area contributed by atoms with Crippen molar-refractivity contribution in [3.8, 4) is 0 Å². The second kappa shape index (κ2) is 7.15. The molecule has 0 aliphatic carbocycles. The van der Waals surface area contributed by atoms with Crippen molar-refractivity contribution in [3.05, 3.63) is 23.8 Å². The van der Waals surface area contributed by atoms with Crippen molar-refractivity contribution in [3.63, 3.8) is 0 Å². The first-order valence-corrected chi connectivity index (χ1v) is 4.99. The van der Waals surface area contributed by atoms with Gasteiger partial charge in [-0.05, 0) is 39.5 Å². The summed E-state index contributed by atoms with van der Waals surface area (Å²) in [6, 6.07) is 0. The maximum Gasteiger partial charge on any atom is -0.0320 e. The molecule has 0 aromatic heterocycles. The van der Waals surface area contributed by atoms with Crippen molar-refractivity contribution in [1.82, 2.24) is 0 Å². The molecule has 0 rings (SSSR count). The highest BCUT2D eigenvalue weighted by Gasteiger charge is 1.93. The molecule has 0 amide bonds. The van der Waals surface area contributed by atoms with Gasteiger partial charge in [0.25, 0.3) is 0 Å². The Labute approximate surface area is 77.4 Å². The SMILES string of the molecule is C=C(CCC)CCCC(C)=CC. The Morgan fingerprint density at radius 2 is 1.92 bits per heavy atom. The van der Waals surface area contributed by atoms with Gasteiger partial charge >= 0.3 is 0 Å². The largest absolute Gasteiger partial charge is 0.0999 e. The molecule has 0 spiro atoms. The summed E-state index contributed by atoms with van der Waals surface area (Å²) in [6.45, 7) is 10.6. The summed E-state index contributed by atoms with van der Waals surface area (Å²) < 4.78 is 0. The fourth-order valence-corrected chi connectivity index (χ4v) is 1.24. The van der Waals surface area contributed by atoms with E-state index in [1.165, 1.54) is 43.3 Å². The van der Waals surface area contributed by atoms with Crippen molar-refractivity contribution in [1.29, 1.82) is 0 Å². The average Bonchev–Trinajstić information content (AvgIpc) is 2.04. The fourth-order valence-electron chi connectivity index (χ4n) is 1.24. The molecule has 0 aromatic carbocycles. The van der Waals surface area contributed by atoms with Crippen molar-refractivity contribution in [2.75, 3.05) is 0 Å². The molecule has 0 heterocycles. The van der Waals surface area contributed by atoms with Gasteiger partial charge in [0.05, 0.1) is 0 Å². The molecule has 0 aliphatic heterocycles. The third-order valence-electron chi connectivity index (χ3n) is 2.20. The highest BCUT2D eigenvalue weighted by Crippen LogP contribution is 2.13. The summed E-state index contributed by atoms with van der Waals surface area (Å²) in [5, 5.41) is 0. The smallest absolute Gasteiger partial charge is 0.0320 e. The van der Waals surface area contributed by atoms with Crippen LogP contribution in [0.2, 0.25) is 0 Å². The Morgan fingerprint density at radius 1 is 1.25 bits per heavy atom. The van der Waals surface area contributed by atoms with Gasteiger partial charge in [0.1, 0.15) is 0 Å². The van der Waals surface area contributed by atoms with E-state index in [0.29, 0.717) is 0 Å². The maximum absolute atomic E-state index is 4.05. The zero-order valence-corrected chi connectivity index (χ0v) is 8.82. The lowest BCUT2D eigenvalue weighted by molar-refractivity contribution is 0.756. The van der Waals surface area contributed by atoms with E-state index in [1.54, 1.807) is 0 Å². The number of rotatable bonds is 6. The first-order chi connectivity index (χ1) is 5.70. The van der Waals surface area contributed by atoms with Gasteiger partial charge in [-0.25, -0.2) is 0 Å². The summed E-state index contributed by atoms with van der Waals surface area (Å²) in [6.07, 6.45) is 8.35. The predicted octanol–water partition coefficient (Wildman–Crippen LogP) is 4.48. The van der Waals surface area contributed by atoms with Crippen LogP contribution in [0.3, 0.4) is 0 Å². The Kier molecular flexibility index (Phi) is 6.84. The van der Waals surface area contributed by atoms with Crippen molar-refractivity contribution in [2.45, 2.75) is 52.9 Å². The molecule has 0 fully saturated rings. The monoisotopic (exact) mass is 166 g/mol. The Balaban J connectivity index is 3.37. The van der Waals surface area contributed by atoms with Crippen LogP contribution >= 0.6 is 0 Å². The third kappa shape index (κ3) is 6.21. The number of allylic oxidation sites excluding steroid dienone is 3. The van der Waals surface area contributed by atoms with Crippen molar-refractivity contribution < 1.29 is 0 Å². The summed E-state index contributed by atoms with van der Waals surface area (Å²) in [5.74, 6) is 0. The van der Waals surface area contributed by atoms with E-state index in [1.807, 2.05) is 0 Å². The van der Waals surface area contributed by atoms with Gasteiger partial charge in [-0.15, -0.1) is 0 Å². The fraction of sp³-hybridized carbons (Fsp3) is 0.667. The van der Waals surface area contributed by atoms with Crippen molar-refractivity contribution >= 4 is 0 Å². The summed E-state index contributed by atoms with van der Waals surface area (Å²) in [7, 11) is 0. The molecule has 0 aromatic rings. The zero-order chi connectivity index (χ0) is 9.40. The van der Waals surface area contributed by atoms with E-state index in [0.717, 1.165) is 0 Å². The molecule has 0 atom stereocenters. The van der Waals surface area contributed by atoms with Gasteiger partial charge in [0.2, 0.25) is 0 Å². The van der Waals surface area contributed by atoms with Gasteiger partial charge in [-0.2, -0.15) is 0 Å². The van der Waals surface area contributed by atoms with Gasteiger partial charge in [0.15, 0.2) is 0 Å². The van der Waals surface area contributed by atoms with Gasteiger partial charge < -0.3 is 0 Å². The lowest BCUT2D eigenvalue weighted by Crippen LogP contribution is -1.83. The Morgan fingerprint density at radius 3 is 2.42 bits per heavy atom. The van der Waals surface area contributed by atoms with E-state index in [9.17, 15) is 0 Å². The van der Waals surface area contributed by atoms with E-state index < -0.39 is 0 Å². The van der Waals surface area contributed by atoms with Crippen LogP contribution in [0.5, 0.6) is 0 Å². The van der Waals surface area contributed by atoms with Gasteiger partial charge in [-0.1, -0.05) is 37.1 Å². The Hall–Kier alpha value is -0.520. The molecule has 0 heteroatoms. The van der Waals surface area contributed by atoms with Crippen LogP contribution in [0, 0.1) is 0 Å². The first kappa shape index (κ1) is 11.5. The minimum absolute atomic E-state index is 1.20. The Bertz CT molecular complexity index is 151. The van der Waals surface area contributed by atoms with Gasteiger partial charge in [0, 0.05) is 0 Å². The zero-order valence-electron chi connectivity index (χ0n) is 8.82. The van der Waals surface area contributed by atoms with E-state index in [-0.39, 0.29) is 0 Å². The van der Waals surface area contributed by atoms with Crippen LogP contribution in [0.15, 0.2) is 23.8 Å². The molecule has 0 saturated heterocycles. The van der Waals surface area contributed by atoms with Crippen LogP contribution in [0.4, 0.5) is 0 Å². The summed E-state index contributed by atoms with van der Waals surface area (Å²) >= 11 is 0. The molecule has 12 heavy (non-hydrogen) atoms. The molecular formula is C12H22.